The molecule has 15 heavy (non-hydrogen) atoms. The molecule has 0 saturated carbocycles. The number of rotatable bonds is 4. The van der Waals surface area contributed by atoms with Crippen molar-refractivity contribution in [2.24, 2.45) is 0 Å². The Bertz CT molecular complexity index is 352. The van der Waals surface area contributed by atoms with Crippen LogP contribution in [0, 0.1) is 11.3 Å². The van der Waals surface area contributed by atoms with Gasteiger partial charge in [0, 0.05) is 31.5 Å². The predicted octanol–water partition coefficient (Wildman–Crippen LogP) is 2.47. The van der Waals surface area contributed by atoms with Crippen LogP contribution in [0.1, 0.15) is 13.3 Å². The van der Waals surface area contributed by atoms with E-state index >= 15 is 0 Å². The predicted molar refractivity (Wildman–Crippen MR) is 64.1 cm³/mol. The SMILES string of the molecule is CC(CC#N)Nc1cccc(N(C)C)c1. The standard InChI is InChI=1S/C12H17N3/c1-10(7-8-13)14-11-5-4-6-12(9-11)15(2)3/h4-6,9-10,14H,7H2,1-3H3. The van der Waals surface area contributed by atoms with E-state index < -0.39 is 0 Å². The second-order valence-electron chi connectivity index (χ2n) is 3.85. The van der Waals surface area contributed by atoms with E-state index in [1.807, 2.05) is 33.2 Å². The Balaban J connectivity index is 2.70. The molecule has 0 aliphatic heterocycles. The van der Waals surface area contributed by atoms with Gasteiger partial charge in [0.2, 0.25) is 0 Å². The van der Waals surface area contributed by atoms with E-state index in [0.717, 1.165) is 11.4 Å². The van der Waals surface area contributed by atoms with Gasteiger partial charge in [-0.2, -0.15) is 5.26 Å². The minimum absolute atomic E-state index is 0.187. The molecule has 1 rings (SSSR count). The Morgan fingerprint density at radius 2 is 2.20 bits per heavy atom. The van der Waals surface area contributed by atoms with Crippen LogP contribution in [0.15, 0.2) is 24.3 Å². The molecule has 0 aromatic heterocycles. The summed E-state index contributed by atoms with van der Waals surface area (Å²) >= 11 is 0. The van der Waals surface area contributed by atoms with Gasteiger partial charge in [-0.15, -0.1) is 0 Å². The van der Waals surface area contributed by atoms with Crippen LogP contribution in [-0.2, 0) is 0 Å². The van der Waals surface area contributed by atoms with Gasteiger partial charge in [-0.3, -0.25) is 0 Å². The number of anilines is 2. The van der Waals surface area contributed by atoms with Crippen LogP contribution in [0.3, 0.4) is 0 Å². The Morgan fingerprint density at radius 1 is 1.47 bits per heavy atom. The van der Waals surface area contributed by atoms with Gasteiger partial charge < -0.3 is 10.2 Å². The lowest BCUT2D eigenvalue weighted by Gasteiger charge is -2.16. The minimum Gasteiger partial charge on any atom is -0.381 e. The quantitative estimate of drug-likeness (QED) is 0.817. The van der Waals surface area contributed by atoms with Crippen LogP contribution in [0.25, 0.3) is 0 Å². The molecule has 3 heteroatoms. The molecule has 0 amide bonds. The van der Waals surface area contributed by atoms with E-state index in [1.165, 1.54) is 0 Å². The average Bonchev–Trinajstić information content (AvgIpc) is 2.18. The van der Waals surface area contributed by atoms with Gasteiger partial charge in [-0.25, -0.2) is 0 Å². The summed E-state index contributed by atoms with van der Waals surface area (Å²) in [6, 6.07) is 10.5. The number of benzene rings is 1. The van der Waals surface area contributed by atoms with E-state index in [4.69, 9.17) is 5.26 Å². The van der Waals surface area contributed by atoms with E-state index in [0.29, 0.717) is 6.42 Å². The fourth-order valence-corrected chi connectivity index (χ4v) is 1.35. The Morgan fingerprint density at radius 3 is 2.80 bits per heavy atom. The van der Waals surface area contributed by atoms with E-state index in [-0.39, 0.29) is 6.04 Å². The first-order valence-electron chi connectivity index (χ1n) is 5.04. The first kappa shape index (κ1) is 11.4. The van der Waals surface area contributed by atoms with Gasteiger partial charge in [0.05, 0.1) is 12.5 Å². The number of nitrogens with one attached hydrogen (secondary N) is 1. The van der Waals surface area contributed by atoms with Crippen molar-refractivity contribution in [1.82, 2.24) is 0 Å². The molecule has 1 aromatic rings. The maximum absolute atomic E-state index is 8.56. The Kier molecular flexibility index (Phi) is 3.99. The molecule has 0 aliphatic carbocycles. The first-order chi connectivity index (χ1) is 7.13. The molecule has 1 aromatic carbocycles. The van der Waals surface area contributed by atoms with Crippen molar-refractivity contribution in [2.45, 2.75) is 19.4 Å². The second kappa shape index (κ2) is 5.26. The Labute approximate surface area is 91.3 Å². The Hall–Kier alpha value is -1.69. The van der Waals surface area contributed by atoms with E-state index in [9.17, 15) is 0 Å². The normalized spacial score (nSPS) is 11.6. The fraction of sp³-hybridized carbons (Fsp3) is 0.417. The lowest BCUT2D eigenvalue weighted by Crippen LogP contribution is -2.15. The topological polar surface area (TPSA) is 39.1 Å². The molecule has 0 fully saturated rings. The number of hydrogen-bond acceptors (Lipinski definition) is 3. The monoisotopic (exact) mass is 203 g/mol. The lowest BCUT2D eigenvalue weighted by molar-refractivity contribution is 0.821. The summed E-state index contributed by atoms with van der Waals surface area (Å²) in [6.45, 7) is 2.01. The molecule has 0 spiro atoms. The third-order valence-electron chi connectivity index (χ3n) is 2.17. The van der Waals surface area contributed by atoms with Crippen molar-refractivity contribution < 1.29 is 0 Å². The molecule has 0 bridgehead atoms. The highest BCUT2D eigenvalue weighted by atomic mass is 15.1. The van der Waals surface area contributed by atoms with Gasteiger partial charge in [0.25, 0.3) is 0 Å². The summed E-state index contributed by atoms with van der Waals surface area (Å²) in [4.78, 5) is 2.06. The lowest BCUT2D eigenvalue weighted by atomic mass is 10.2. The second-order valence-corrected chi connectivity index (χ2v) is 3.85. The van der Waals surface area contributed by atoms with Crippen LogP contribution in [-0.4, -0.2) is 20.1 Å². The fourth-order valence-electron chi connectivity index (χ4n) is 1.35. The summed E-state index contributed by atoms with van der Waals surface area (Å²) in [5.41, 5.74) is 2.22. The summed E-state index contributed by atoms with van der Waals surface area (Å²) in [7, 11) is 4.02. The van der Waals surface area contributed by atoms with Crippen LogP contribution in [0.2, 0.25) is 0 Å². The highest BCUT2D eigenvalue weighted by Gasteiger charge is 2.02. The molecule has 1 unspecified atom stereocenters. The molecule has 3 nitrogen and oxygen atoms in total. The van der Waals surface area contributed by atoms with Crippen LogP contribution in [0.5, 0.6) is 0 Å². The molecule has 0 radical (unpaired) electrons. The summed E-state index contributed by atoms with van der Waals surface area (Å²) in [5, 5.41) is 11.8. The zero-order valence-electron chi connectivity index (χ0n) is 9.49. The van der Waals surface area contributed by atoms with Crippen LogP contribution >= 0.6 is 0 Å². The van der Waals surface area contributed by atoms with Crippen LogP contribution < -0.4 is 10.2 Å². The van der Waals surface area contributed by atoms with E-state index in [2.05, 4.69) is 28.4 Å². The number of nitriles is 1. The van der Waals surface area contributed by atoms with Crippen molar-refractivity contribution >= 4 is 11.4 Å². The average molecular weight is 203 g/mol. The maximum atomic E-state index is 8.56. The highest BCUT2D eigenvalue weighted by molar-refractivity contribution is 5.57. The van der Waals surface area contributed by atoms with Gasteiger partial charge in [-0.1, -0.05) is 6.07 Å². The molecule has 1 N–H and O–H groups in total. The van der Waals surface area contributed by atoms with Crippen molar-refractivity contribution in [3.8, 4) is 6.07 Å². The molecule has 0 aliphatic rings. The number of nitrogens with zero attached hydrogens (tertiary/aromatic N) is 2. The number of hydrogen-bond donors (Lipinski definition) is 1. The van der Waals surface area contributed by atoms with Crippen molar-refractivity contribution in [3.05, 3.63) is 24.3 Å². The van der Waals surface area contributed by atoms with Crippen molar-refractivity contribution in [2.75, 3.05) is 24.3 Å². The zero-order valence-corrected chi connectivity index (χ0v) is 9.49. The molecule has 1 atom stereocenters. The van der Waals surface area contributed by atoms with Crippen molar-refractivity contribution in [1.29, 1.82) is 5.26 Å². The summed E-state index contributed by atoms with van der Waals surface area (Å²) in [6.07, 6.45) is 0.520. The smallest absolute Gasteiger partial charge is 0.0643 e. The minimum atomic E-state index is 0.187. The molecule has 0 heterocycles. The maximum Gasteiger partial charge on any atom is 0.0643 e. The molecular formula is C12H17N3. The first-order valence-corrected chi connectivity index (χ1v) is 5.04. The third kappa shape index (κ3) is 3.51. The van der Waals surface area contributed by atoms with Crippen LogP contribution in [0.4, 0.5) is 11.4 Å². The highest BCUT2D eigenvalue weighted by Crippen LogP contribution is 2.18. The van der Waals surface area contributed by atoms with Gasteiger partial charge in [-0.05, 0) is 25.1 Å². The molecule has 0 saturated heterocycles. The summed E-state index contributed by atoms with van der Waals surface area (Å²) in [5.74, 6) is 0. The van der Waals surface area contributed by atoms with Crippen molar-refractivity contribution in [3.63, 3.8) is 0 Å². The summed E-state index contributed by atoms with van der Waals surface area (Å²) < 4.78 is 0. The van der Waals surface area contributed by atoms with Gasteiger partial charge in [0.15, 0.2) is 0 Å². The molecule has 80 valence electrons. The zero-order chi connectivity index (χ0) is 11.3. The molecular weight excluding hydrogens is 186 g/mol. The van der Waals surface area contributed by atoms with Gasteiger partial charge >= 0.3 is 0 Å². The third-order valence-corrected chi connectivity index (χ3v) is 2.17. The van der Waals surface area contributed by atoms with E-state index in [1.54, 1.807) is 0 Å². The van der Waals surface area contributed by atoms with Gasteiger partial charge in [0.1, 0.15) is 0 Å². The largest absolute Gasteiger partial charge is 0.381 e.